The Bertz CT molecular complexity index is 529. The lowest BCUT2D eigenvalue weighted by atomic mass is 10.2. The first-order chi connectivity index (χ1) is 10.2. The monoisotopic (exact) mass is 309 g/mol. The molecule has 2 saturated heterocycles. The third-order valence-electron chi connectivity index (χ3n) is 3.45. The molecule has 2 heterocycles. The van der Waals surface area contributed by atoms with Crippen molar-refractivity contribution in [2.24, 2.45) is 5.10 Å². The van der Waals surface area contributed by atoms with Gasteiger partial charge in [0.15, 0.2) is 6.23 Å². The third kappa shape index (κ3) is 3.53. The quantitative estimate of drug-likeness (QED) is 0.799. The van der Waals surface area contributed by atoms with Gasteiger partial charge in [-0.25, -0.2) is 4.79 Å². The predicted octanol–water partition coefficient (Wildman–Crippen LogP) is 1.78. The van der Waals surface area contributed by atoms with Gasteiger partial charge in [-0.1, -0.05) is 23.7 Å². The summed E-state index contributed by atoms with van der Waals surface area (Å²) in [6.45, 7) is 3.31. The van der Waals surface area contributed by atoms with Gasteiger partial charge in [-0.15, -0.1) is 0 Å². The number of halogens is 1. The highest BCUT2D eigenvalue weighted by Crippen LogP contribution is 2.17. The molecule has 3 rings (SSSR count). The van der Waals surface area contributed by atoms with Crippen LogP contribution in [0.3, 0.4) is 0 Å². The van der Waals surface area contributed by atoms with E-state index in [0.29, 0.717) is 24.8 Å². The van der Waals surface area contributed by atoms with Crippen molar-refractivity contribution in [1.82, 2.24) is 9.91 Å². The van der Waals surface area contributed by atoms with Crippen LogP contribution in [0.4, 0.5) is 4.79 Å². The number of cyclic esters (lactones) is 1. The van der Waals surface area contributed by atoms with Crippen LogP contribution in [0, 0.1) is 0 Å². The van der Waals surface area contributed by atoms with Crippen molar-refractivity contribution in [3.8, 4) is 0 Å². The number of morpholine rings is 1. The Balaban J connectivity index is 1.61. The van der Waals surface area contributed by atoms with Crippen molar-refractivity contribution in [3.63, 3.8) is 0 Å². The second kappa shape index (κ2) is 6.43. The van der Waals surface area contributed by atoms with Gasteiger partial charge in [0.05, 0.1) is 26.0 Å². The fourth-order valence-corrected chi connectivity index (χ4v) is 2.40. The molecule has 0 bridgehead atoms. The van der Waals surface area contributed by atoms with E-state index < -0.39 is 6.09 Å². The molecule has 1 aromatic carbocycles. The van der Waals surface area contributed by atoms with Crippen molar-refractivity contribution >= 4 is 23.9 Å². The van der Waals surface area contributed by atoms with Gasteiger partial charge in [0.2, 0.25) is 0 Å². The average Bonchev–Trinajstić information content (AvgIpc) is 2.89. The van der Waals surface area contributed by atoms with E-state index in [1.54, 1.807) is 18.3 Å². The SMILES string of the molecule is O=C1OC(N2CCOCC2)CN1N=Cc1ccc(Cl)cc1. The van der Waals surface area contributed by atoms with Crippen molar-refractivity contribution in [2.45, 2.75) is 6.23 Å². The molecule has 1 amide bonds. The Hall–Kier alpha value is -1.63. The van der Waals surface area contributed by atoms with Gasteiger partial charge < -0.3 is 9.47 Å². The smallest absolute Gasteiger partial charge is 0.427 e. The number of ether oxygens (including phenoxy) is 2. The molecule has 7 heteroatoms. The number of hydrazone groups is 1. The number of benzene rings is 1. The molecule has 0 N–H and O–H groups in total. The molecular weight excluding hydrogens is 294 g/mol. The zero-order valence-electron chi connectivity index (χ0n) is 11.4. The van der Waals surface area contributed by atoms with E-state index in [2.05, 4.69) is 10.0 Å². The minimum atomic E-state index is -0.420. The highest BCUT2D eigenvalue weighted by molar-refractivity contribution is 6.30. The zero-order chi connectivity index (χ0) is 14.7. The number of amides is 1. The molecule has 0 radical (unpaired) electrons. The molecule has 1 aromatic rings. The van der Waals surface area contributed by atoms with E-state index in [0.717, 1.165) is 18.7 Å². The largest absolute Gasteiger partial charge is 0.432 e. The molecule has 2 aliphatic rings. The third-order valence-corrected chi connectivity index (χ3v) is 3.70. The predicted molar refractivity (Wildman–Crippen MR) is 78.4 cm³/mol. The van der Waals surface area contributed by atoms with Gasteiger partial charge >= 0.3 is 6.09 Å². The Labute approximate surface area is 127 Å². The molecule has 0 saturated carbocycles. The van der Waals surface area contributed by atoms with Crippen molar-refractivity contribution in [2.75, 3.05) is 32.8 Å². The first-order valence-electron chi connectivity index (χ1n) is 6.82. The summed E-state index contributed by atoms with van der Waals surface area (Å²) in [6, 6.07) is 7.24. The van der Waals surface area contributed by atoms with Gasteiger partial charge in [-0.2, -0.15) is 10.1 Å². The van der Waals surface area contributed by atoms with Gasteiger partial charge in [0, 0.05) is 18.1 Å². The number of carbonyl (C=O) groups is 1. The van der Waals surface area contributed by atoms with Crippen molar-refractivity contribution < 1.29 is 14.3 Å². The van der Waals surface area contributed by atoms with Crippen LogP contribution in [0.5, 0.6) is 0 Å². The molecule has 2 aliphatic heterocycles. The topological polar surface area (TPSA) is 54.4 Å². The van der Waals surface area contributed by atoms with Gasteiger partial charge in [-0.3, -0.25) is 4.90 Å². The Kier molecular flexibility index (Phi) is 4.38. The van der Waals surface area contributed by atoms with E-state index in [1.165, 1.54) is 5.01 Å². The molecule has 112 valence electrons. The number of rotatable bonds is 3. The molecule has 1 atom stereocenters. The molecule has 0 aromatic heterocycles. The molecule has 1 unspecified atom stereocenters. The summed E-state index contributed by atoms with van der Waals surface area (Å²) >= 11 is 5.82. The maximum Gasteiger partial charge on any atom is 0.432 e. The second-order valence-corrected chi connectivity index (χ2v) is 5.30. The number of hydrogen-bond donors (Lipinski definition) is 0. The highest BCUT2D eigenvalue weighted by Gasteiger charge is 2.35. The standard InChI is InChI=1S/C14H16ClN3O3/c15-12-3-1-11(2-4-12)9-16-18-10-13(21-14(18)19)17-5-7-20-8-6-17/h1-4,9,13H,5-8,10H2. The van der Waals surface area contributed by atoms with E-state index in [-0.39, 0.29) is 6.23 Å². The van der Waals surface area contributed by atoms with Crippen LogP contribution in [0.25, 0.3) is 0 Å². The van der Waals surface area contributed by atoms with Crippen molar-refractivity contribution in [3.05, 3.63) is 34.9 Å². The van der Waals surface area contributed by atoms with Gasteiger partial charge in [0.1, 0.15) is 0 Å². The maximum atomic E-state index is 11.8. The molecule has 21 heavy (non-hydrogen) atoms. The number of carbonyl (C=O) groups excluding carboxylic acids is 1. The molecule has 0 aliphatic carbocycles. The summed E-state index contributed by atoms with van der Waals surface area (Å²) in [5.74, 6) is 0. The Morgan fingerprint density at radius 3 is 2.67 bits per heavy atom. The first kappa shape index (κ1) is 14.3. The van der Waals surface area contributed by atoms with E-state index in [4.69, 9.17) is 21.1 Å². The van der Waals surface area contributed by atoms with Crippen LogP contribution >= 0.6 is 11.6 Å². The normalized spacial score (nSPS) is 23.8. The first-order valence-corrected chi connectivity index (χ1v) is 7.20. The van der Waals surface area contributed by atoms with Crippen LogP contribution in [0.2, 0.25) is 5.02 Å². The molecule has 6 nitrogen and oxygen atoms in total. The average molecular weight is 310 g/mol. The van der Waals surface area contributed by atoms with Gasteiger partial charge in [0.25, 0.3) is 0 Å². The summed E-state index contributed by atoms with van der Waals surface area (Å²) in [5.41, 5.74) is 0.877. The fraction of sp³-hybridized carbons (Fsp3) is 0.429. The zero-order valence-corrected chi connectivity index (χ0v) is 12.2. The van der Waals surface area contributed by atoms with E-state index in [9.17, 15) is 4.79 Å². The fourth-order valence-electron chi connectivity index (χ4n) is 2.27. The minimum absolute atomic E-state index is 0.247. The van der Waals surface area contributed by atoms with Crippen LogP contribution in [0.1, 0.15) is 5.56 Å². The van der Waals surface area contributed by atoms with Gasteiger partial charge in [-0.05, 0) is 17.7 Å². The summed E-state index contributed by atoms with van der Waals surface area (Å²) in [4.78, 5) is 13.9. The lowest BCUT2D eigenvalue weighted by Crippen LogP contribution is -2.45. The summed E-state index contributed by atoms with van der Waals surface area (Å²) in [5, 5.41) is 6.19. The lowest BCUT2D eigenvalue weighted by molar-refractivity contribution is -0.0440. The van der Waals surface area contributed by atoms with Crippen molar-refractivity contribution in [1.29, 1.82) is 0 Å². The molecule has 0 spiro atoms. The second-order valence-electron chi connectivity index (χ2n) is 4.86. The summed E-state index contributed by atoms with van der Waals surface area (Å²) < 4.78 is 10.6. The highest BCUT2D eigenvalue weighted by atomic mass is 35.5. The van der Waals surface area contributed by atoms with Crippen LogP contribution < -0.4 is 0 Å². The van der Waals surface area contributed by atoms with E-state index in [1.807, 2.05) is 12.1 Å². The number of nitrogens with zero attached hydrogens (tertiary/aromatic N) is 3. The lowest BCUT2D eigenvalue weighted by Gasteiger charge is -2.29. The van der Waals surface area contributed by atoms with Crippen LogP contribution in [-0.2, 0) is 9.47 Å². The number of hydrogen-bond acceptors (Lipinski definition) is 5. The summed E-state index contributed by atoms with van der Waals surface area (Å²) in [7, 11) is 0. The summed E-state index contributed by atoms with van der Waals surface area (Å²) in [6.07, 6.45) is 0.958. The van der Waals surface area contributed by atoms with Crippen LogP contribution in [0.15, 0.2) is 29.4 Å². The Morgan fingerprint density at radius 1 is 1.24 bits per heavy atom. The molecule has 2 fully saturated rings. The minimum Gasteiger partial charge on any atom is -0.427 e. The molecular formula is C14H16ClN3O3. The van der Waals surface area contributed by atoms with Crippen LogP contribution in [-0.4, -0.2) is 61.3 Å². The Morgan fingerprint density at radius 2 is 1.95 bits per heavy atom. The maximum absolute atomic E-state index is 11.8. The van der Waals surface area contributed by atoms with E-state index >= 15 is 0 Å².